The van der Waals surface area contributed by atoms with E-state index in [1.807, 2.05) is 0 Å². The Hall–Kier alpha value is -2.38. The molecule has 0 aromatic carbocycles. The van der Waals surface area contributed by atoms with Crippen molar-refractivity contribution in [2.24, 2.45) is 0 Å². The molecule has 13 nitrogen and oxygen atoms in total. The lowest BCUT2D eigenvalue weighted by molar-refractivity contribution is -0.149. The van der Waals surface area contributed by atoms with Gasteiger partial charge in [-0.25, -0.2) is 14.5 Å². The fraction of sp³-hybridized carbons (Fsp3) is 0.684. The van der Waals surface area contributed by atoms with E-state index < -0.39 is 50.2 Å². The third-order valence-electron chi connectivity index (χ3n) is 5.26. The highest BCUT2D eigenvalue weighted by Gasteiger charge is 2.55. The van der Waals surface area contributed by atoms with Crippen molar-refractivity contribution in [3.63, 3.8) is 0 Å². The van der Waals surface area contributed by atoms with Crippen molar-refractivity contribution >= 4 is 36.4 Å². The van der Waals surface area contributed by atoms with Crippen molar-refractivity contribution in [3.05, 3.63) is 6.33 Å². The van der Waals surface area contributed by atoms with Crippen LogP contribution in [0.5, 0.6) is 0 Å². The molecule has 190 valence electrons. The van der Waals surface area contributed by atoms with E-state index in [0.717, 1.165) is 0 Å². The number of imidazole rings is 1. The molecule has 3 rings (SSSR count). The molecule has 0 saturated carbocycles. The summed E-state index contributed by atoms with van der Waals surface area (Å²) in [6.07, 6.45) is -3.15. The molecule has 0 bridgehead atoms. The minimum Gasteiger partial charge on any atom is -0.462 e. The number of carbonyl (C=O) groups excluding carboxylic acids is 1. The number of alkyl halides is 1. The van der Waals surface area contributed by atoms with E-state index in [2.05, 4.69) is 25.4 Å². The maximum absolute atomic E-state index is 15.6. The lowest BCUT2D eigenvalue weighted by Gasteiger charge is -2.24. The van der Waals surface area contributed by atoms with E-state index in [4.69, 9.17) is 19.7 Å². The van der Waals surface area contributed by atoms with Crippen LogP contribution >= 0.6 is 7.52 Å². The van der Waals surface area contributed by atoms with Crippen LogP contribution in [-0.4, -0.2) is 80.9 Å². The third kappa shape index (κ3) is 5.31. The number of aliphatic hydroxyl groups is 1. The van der Waals surface area contributed by atoms with Gasteiger partial charge in [-0.15, -0.1) is 0 Å². The number of nitrogen functional groups attached to an aromatic ring is 1. The maximum Gasteiger partial charge on any atom is 0.323 e. The summed E-state index contributed by atoms with van der Waals surface area (Å²) in [6.45, 7) is 6.90. The monoisotopic (exact) mass is 503 g/mol. The summed E-state index contributed by atoms with van der Waals surface area (Å²) in [5.41, 5.74) is 4.03. The predicted octanol–water partition coefficient (Wildman–Crippen LogP) is 1.21. The summed E-state index contributed by atoms with van der Waals surface area (Å²) in [6, 6.07) is -0.907. The van der Waals surface area contributed by atoms with Crippen LogP contribution in [-0.2, 0) is 23.4 Å². The zero-order valence-corrected chi connectivity index (χ0v) is 20.7. The molecule has 1 saturated heterocycles. The smallest absolute Gasteiger partial charge is 0.323 e. The summed E-state index contributed by atoms with van der Waals surface area (Å²) in [5.74, 6) is -0.299. The number of hydrogen-bond donors (Lipinski definition) is 4. The first kappa shape index (κ1) is 26.2. The Kier molecular flexibility index (Phi) is 7.48. The topological polar surface area (TPSA) is 176 Å². The second kappa shape index (κ2) is 9.70. The lowest BCUT2D eigenvalue weighted by Crippen LogP contribution is -2.41. The molecular weight excluding hydrogens is 472 g/mol. The van der Waals surface area contributed by atoms with E-state index in [0.29, 0.717) is 11.3 Å². The van der Waals surface area contributed by atoms with Crippen LogP contribution in [0.4, 0.5) is 16.2 Å². The van der Waals surface area contributed by atoms with Crippen molar-refractivity contribution in [3.8, 4) is 0 Å². The van der Waals surface area contributed by atoms with E-state index in [1.54, 1.807) is 20.9 Å². The molecule has 5 N–H and O–H groups in total. The van der Waals surface area contributed by atoms with E-state index in [1.165, 1.54) is 31.4 Å². The lowest BCUT2D eigenvalue weighted by atomic mass is 9.98. The second-order valence-electron chi connectivity index (χ2n) is 8.61. The molecule has 3 heterocycles. The number of fused-ring (bicyclic) bond motifs is 1. The van der Waals surface area contributed by atoms with Gasteiger partial charge in [0.2, 0.25) is 5.95 Å². The van der Waals surface area contributed by atoms with Crippen LogP contribution in [0, 0.1) is 0 Å². The van der Waals surface area contributed by atoms with E-state index in [9.17, 15) is 14.5 Å². The van der Waals surface area contributed by atoms with Gasteiger partial charge >= 0.3 is 5.97 Å². The number of nitrogens with one attached hydrogen (secondary N) is 2. The first-order valence-corrected chi connectivity index (χ1v) is 12.7. The molecule has 0 spiro atoms. The van der Waals surface area contributed by atoms with Crippen molar-refractivity contribution in [1.29, 1.82) is 0 Å². The number of esters is 1. The Morgan fingerprint density at radius 2 is 2.12 bits per heavy atom. The SMILES string of the molecule is CNc1nc(N)nc2c1ncn2[C@@H]1O[C@H](CO[P@@](C)(=O)N[C@@H](C)C(=O)OC(C)C)[C@@H](O)[C@@]1(C)F. The van der Waals surface area contributed by atoms with Crippen molar-refractivity contribution in [1.82, 2.24) is 24.6 Å². The van der Waals surface area contributed by atoms with Gasteiger partial charge in [-0.3, -0.25) is 13.9 Å². The number of hydrogen-bond acceptors (Lipinski definition) is 11. The minimum absolute atomic E-state index is 0.0549. The standard InChI is InChI=1S/C19H31FN7O6P/c1-9(2)32-16(29)10(3)26-34(6,30)31-7-11-13(28)19(4,20)17(33-11)27-8-23-12-14(22-5)24-18(21)25-15(12)27/h8-11,13,17,28H,7H2,1-6H3,(H,26,30)(H3,21,22,24,25)/t10-,11+,13+,17+,19+,34+/m0/s1. The molecule has 0 unspecified atom stereocenters. The van der Waals surface area contributed by atoms with E-state index >= 15 is 4.39 Å². The van der Waals surface area contributed by atoms with Gasteiger partial charge < -0.3 is 30.2 Å². The summed E-state index contributed by atoms with van der Waals surface area (Å²) in [5, 5.41) is 16.0. The molecule has 6 atom stereocenters. The van der Waals surface area contributed by atoms with Gasteiger partial charge in [-0.2, -0.15) is 9.97 Å². The van der Waals surface area contributed by atoms with Crippen LogP contribution in [0.25, 0.3) is 11.2 Å². The molecule has 2 aromatic heterocycles. The van der Waals surface area contributed by atoms with Gasteiger partial charge in [0.05, 0.1) is 19.0 Å². The molecule has 2 aromatic rings. The molecule has 15 heteroatoms. The summed E-state index contributed by atoms with van der Waals surface area (Å²) in [7, 11) is -1.90. The van der Waals surface area contributed by atoms with Crippen LogP contribution in [0.2, 0.25) is 0 Å². The van der Waals surface area contributed by atoms with Crippen molar-refractivity contribution in [2.45, 2.75) is 63.9 Å². The number of nitrogens with two attached hydrogens (primary N) is 1. The molecule has 1 aliphatic rings. The Labute approximate surface area is 196 Å². The number of aliphatic hydroxyl groups excluding tert-OH is 1. The van der Waals surface area contributed by atoms with Crippen molar-refractivity contribution < 1.29 is 32.9 Å². The minimum atomic E-state index is -3.53. The summed E-state index contributed by atoms with van der Waals surface area (Å²) in [4.78, 5) is 24.3. The molecule has 34 heavy (non-hydrogen) atoms. The molecule has 1 aliphatic heterocycles. The summed E-state index contributed by atoms with van der Waals surface area (Å²) < 4.78 is 46.0. The normalized spacial score (nSPS) is 27.6. The van der Waals surface area contributed by atoms with E-state index in [-0.39, 0.29) is 17.7 Å². The third-order valence-corrected chi connectivity index (χ3v) is 6.76. The molecule has 0 amide bonds. The highest BCUT2D eigenvalue weighted by molar-refractivity contribution is 7.56. The van der Waals surface area contributed by atoms with Gasteiger partial charge in [0, 0.05) is 13.7 Å². The Balaban J connectivity index is 1.74. The Morgan fingerprint density at radius 3 is 2.74 bits per heavy atom. The Bertz CT molecular complexity index is 1100. The van der Waals surface area contributed by atoms with Gasteiger partial charge in [0.1, 0.15) is 18.2 Å². The highest BCUT2D eigenvalue weighted by Crippen LogP contribution is 2.45. The van der Waals surface area contributed by atoms with Gasteiger partial charge in [0.15, 0.2) is 28.9 Å². The number of anilines is 2. The number of aromatic nitrogens is 4. The molecule has 0 aliphatic carbocycles. The highest BCUT2D eigenvalue weighted by atomic mass is 31.2. The Morgan fingerprint density at radius 1 is 1.44 bits per heavy atom. The number of halogens is 1. The molecule has 0 radical (unpaired) electrons. The largest absolute Gasteiger partial charge is 0.462 e. The van der Waals surface area contributed by atoms with Crippen LogP contribution in [0.3, 0.4) is 0 Å². The van der Waals surface area contributed by atoms with Gasteiger partial charge in [0.25, 0.3) is 7.52 Å². The predicted molar refractivity (Wildman–Crippen MR) is 122 cm³/mol. The fourth-order valence-corrected chi connectivity index (χ4v) is 4.94. The first-order chi connectivity index (χ1) is 15.8. The van der Waals surface area contributed by atoms with Crippen LogP contribution in [0.15, 0.2) is 6.33 Å². The summed E-state index contributed by atoms with van der Waals surface area (Å²) >= 11 is 0. The van der Waals surface area contributed by atoms with Gasteiger partial charge in [-0.05, 0) is 27.7 Å². The fourth-order valence-electron chi connectivity index (χ4n) is 3.62. The zero-order chi connectivity index (χ0) is 25.4. The van der Waals surface area contributed by atoms with Crippen LogP contribution < -0.4 is 16.1 Å². The molecular formula is C19H31FN7O6P. The average molecular weight is 503 g/mol. The van der Waals surface area contributed by atoms with Gasteiger partial charge in [-0.1, -0.05) is 0 Å². The number of nitrogens with zero attached hydrogens (tertiary/aromatic N) is 4. The quantitative estimate of drug-likeness (QED) is 0.285. The zero-order valence-electron chi connectivity index (χ0n) is 19.9. The van der Waals surface area contributed by atoms with Crippen molar-refractivity contribution in [2.75, 3.05) is 31.4 Å². The average Bonchev–Trinajstić information content (AvgIpc) is 3.23. The van der Waals surface area contributed by atoms with Crippen LogP contribution in [0.1, 0.15) is 33.9 Å². The second-order valence-corrected chi connectivity index (χ2v) is 10.8. The number of rotatable bonds is 9. The number of ether oxygens (including phenoxy) is 2. The maximum atomic E-state index is 15.6. The number of carbonyl (C=O) groups is 1. The first-order valence-electron chi connectivity index (χ1n) is 10.7. The molecule has 1 fully saturated rings.